The second-order valence-electron chi connectivity index (χ2n) is 4.78. The lowest BCUT2D eigenvalue weighted by Crippen LogP contribution is -2.36. The Morgan fingerprint density at radius 1 is 1.24 bits per heavy atom. The summed E-state index contributed by atoms with van der Waals surface area (Å²) in [6.45, 7) is 0.983. The van der Waals surface area contributed by atoms with Gasteiger partial charge >= 0.3 is 0 Å². The Hall–Kier alpha value is -1.70. The van der Waals surface area contributed by atoms with E-state index in [-0.39, 0.29) is 11.4 Å². The van der Waals surface area contributed by atoms with Crippen LogP contribution in [-0.2, 0) is 23.5 Å². The van der Waals surface area contributed by atoms with E-state index in [1.54, 1.807) is 7.05 Å². The number of sulfonamides is 1. The van der Waals surface area contributed by atoms with Gasteiger partial charge < -0.3 is 5.73 Å². The van der Waals surface area contributed by atoms with E-state index in [9.17, 15) is 8.42 Å². The lowest BCUT2D eigenvalue weighted by Gasteiger charge is -2.20. The van der Waals surface area contributed by atoms with Gasteiger partial charge in [-0.05, 0) is 12.0 Å². The van der Waals surface area contributed by atoms with E-state index in [2.05, 4.69) is 5.10 Å². The van der Waals surface area contributed by atoms with Gasteiger partial charge in [0.25, 0.3) is 0 Å². The molecule has 6 nitrogen and oxygen atoms in total. The second-order valence-corrected chi connectivity index (χ2v) is 6.72. The molecule has 0 bridgehead atoms. The van der Waals surface area contributed by atoms with Crippen molar-refractivity contribution in [3.63, 3.8) is 0 Å². The highest BCUT2D eigenvalue weighted by Crippen LogP contribution is 2.15. The summed E-state index contributed by atoms with van der Waals surface area (Å²) in [5.41, 5.74) is 6.65. The second kappa shape index (κ2) is 6.84. The molecule has 0 saturated heterocycles. The van der Waals surface area contributed by atoms with Crippen molar-refractivity contribution in [3.8, 4) is 0 Å². The third-order valence-corrected chi connectivity index (χ3v) is 5.04. The molecular formula is C14H20N4O2S. The molecule has 7 heteroatoms. The summed E-state index contributed by atoms with van der Waals surface area (Å²) in [4.78, 5) is 0.200. The van der Waals surface area contributed by atoms with Gasteiger partial charge in [0, 0.05) is 32.9 Å². The summed E-state index contributed by atoms with van der Waals surface area (Å²) in [5.74, 6) is 0. The predicted molar refractivity (Wildman–Crippen MR) is 81.2 cm³/mol. The number of nitrogens with two attached hydrogens (primary N) is 1. The zero-order chi connectivity index (χ0) is 15.3. The van der Waals surface area contributed by atoms with Crippen molar-refractivity contribution in [2.45, 2.75) is 11.3 Å². The van der Waals surface area contributed by atoms with Crippen molar-refractivity contribution in [2.75, 3.05) is 19.6 Å². The first-order valence-electron chi connectivity index (χ1n) is 6.77. The van der Waals surface area contributed by atoms with Gasteiger partial charge in [0.15, 0.2) is 0 Å². The maximum Gasteiger partial charge on any atom is 0.246 e. The lowest BCUT2D eigenvalue weighted by molar-refractivity contribution is 0.421. The van der Waals surface area contributed by atoms with Crippen molar-refractivity contribution in [1.82, 2.24) is 14.1 Å². The Labute approximate surface area is 125 Å². The van der Waals surface area contributed by atoms with Crippen LogP contribution in [0.15, 0.2) is 47.6 Å². The number of hydrogen-bond acceptors (Lipinski definition) is 4. The molecule has 0 saturated carbocycles. The molecule has 2 rings (SSSR count). The minimum Gasteiger partial charge on any atom is -0.329 e. The number of aryl methyl sites for hydroxylation is 1. The number of nitrogens with zero attached hydrogens (tertiary/aromatic N) is 3. The molecule has 21 heavy (non-hydrogen) atoms. The Kier molecular flexibility index (Phi) is 5.11. The smallest absolute Gasteiger partial charge is 0.246 e. The maximum atomic E-state index is 12.6. The van der Waals surface area contributed by atoms with Gasteiger partial charge in [-0.25, -0.2) is 8.42 Å². The van der Waals surface area contributed by atoms with Crippen LogP contribution < -0.4 is 5.73 Å². The lowest BCUT2D eigenvalue weighted by atomic mass is 10.1. The van der Waals surface area contributed by atoms with Crippen LogP contribution in [0.5, 0.6) is 0 Å². The molecule has 0 spiro atoms. The fraction of sp³-hybridized carbons (Fsp3) is 0.357. The van der Waals surface area contributed by atoms with E-state index in [4.69, 9.17) is 5.73 Å². The molecule has 0 unspecified atom stereocenters. The van der Waals surface area contributed by atoms with Crippen molar-refractivity contribution in [2.24, 2.45) is 12.8 Å². The molecular weight excluding hydrogens is 288 g/mol. The standard InChI is InChI=1S/C14H20N4O2S/c1-17-12-14(11-16-17)21(19,20)18(10-8-15)9-7-13-5-3-2-4-6-13/h2-6,11-12H,7-10,15H2,1H3. The average Bonchev–Trinajstić information content (AvgIpc) is 2.92. The number of rotatable bonds is 7. The van der Waals surface area contributed by atoms with Crippen LogP contribution in [0.25, 0.3) is 0 Å². The van der Waals surface area contributed by atoms with Crippen LogP contribution in [0.2, 0.25) is 0 Å². The summed E-state index contributed by atoms with van der Waals surface area (Å²) in [6.07, 6.45) is 3.52. The average molecular weight is 308 g/mol. The molecule has 0 amide bonds. The Bertz CT molecular complexity index is 667. The summed E-state index contributed by atoms with van der Waals surface area (Å²) in [7, 11) is -1.85. The Balaban J connectivity index is 2.14. The fourth-order valence-electron chi connectivity index (χ4n) is 2.08. The largest absolute Gasteiger partial charge is 0.329 e. The van der Waals surface area contributed by atoms with E-state index < -0.39 is 10.0 Å². The summed E-state index contributed by atoms with van der Waals surface area (Å²) >= 11 is 0. The monoisotopic (exact) mass is 308 g/mol. The van der Waals surface area contributed by atoms with E-state index >= 15 is 0 Å². The fourth-order valence-corrected chi connectivity index (χ4v) is 3.52. The van der Waals surface area contributed by atoms with Crippen molar-refractivity contribution >= 4 is 10.0 Å². The van der Waals surface area contributed by atoms with Crippen LogP contribution in [-0.4, -0.2) is 42.1 Å². The molecule has 114 valence electrons. The van der Waals surface area contributed by atoms with Crippen molar-refractivity contribution in [1.29, 1.82) is 0 Å². The minimum absolute atomic E-state index is 0.200. The van der Waals surface area contributed by atoms with Gasteiger partial charge in [-0.15, -0.1) is 0 Å². The van der Waals surface area contributed by atoms with E-state index in [0.29, 0.717) is 19.5 Å². The zero-order valence-corrected chi connectivity index (χ0v) is 12.8. The number of aromatic nitrogens is 2. The highest BCUT2D eigenvalue weighted by atomic mass is 32.2. The minimum atomic E-state index is -3.54. The molecule has 0 atom stereocenters. The normalized spacial score (nSPS) is 12.0. The first-order chi connectivity index (χ1) is 10.0. The highest BCUT2D eigenvalue weighted by Gasteiger charge is 2.24. The SMILES string of the molecule is Cn1cc(S(=O)(=O)N(CCN)CCc2ccccc2)cn1. The Morgan fingerprint density at radius 3 is 2.52 bits per heavy atom. The highest BCUT2D eigenvalue weighted by molar-refractivity contribution is 7.89. The predicted octanol–water partition coefficient (Wildman–Crippen LogP) is 0.612. The van der Waals surface area contributed by atoms with Gasteiger partial charge in [0.05, 0.1) is 6.20 Å². The van der Waals surface area contributed by atoms with Crippen LogP contribution in [0.3, 0.4) is 0 Å². The molecule has 0 radical (unpaired) electrons. The molecule has 1 aromatic heterocycles. The van der Waals surface area contributed by atoms with Gasteiger partial charge in [-0.3, -0.25) is 4.68 Å². The molecule has 0 fully saturated rings. The Morgan fingerprint density at radius 2 is 1.95 bits per heavy atom. The van der Waals surface area contributed by atoms with Gasteiger partial charge in [0.1, 0.15) is 4.90 Å². The van der Waals surface area contributed by atoms with Gasteiger partial charge in [-0.2, -0.15) is 9.40 Å². The first-order valence-corrected chi connectivity index (χ1v) is 8.21. The first kappa shape index (κ1) is 15.7. The molecule has 1 heterocycles. The van der Waals surface area contributed by atoms with Crippen LogP contribution in [0.4, 0.5) is 0 Å². The third-order valence-electron chi connectivity index (χ3n) is 3.19. The van der Waals surface area contributed by atoms with Crippen LogP contribution >= 0.6 is 0 Å². The molecule has 0 aliphatic carbocycles. The maximum absolute atomic E-state index is 12.6. The summed E-state index contributed by atoms with van der Waals surface area (Å²) < 4.78 is 28.0. The molecule has 2 N–H and O–H groups in total. The summed E-state index contributed by atoms with van der Waals surface area (Å²) in [6, 6.07) is 9.79. The van der Waals surface area contributed by atoms with E-state index in [1.807, 2.05) is 30.3 Å². The van der Waals surface area contributed by atoms with Crippen LogP contribution in [0, 0.1) is 0 Å². The molecule has 2 aromatic rings. The van der Waals surface area contributed by atoms with Gasteiger partial charge in [0.2, 0.25) is 10.0 Å². The van der Waals surface area contributed by atoms with Crippen molar-refractivity contribution in [3.05, 3.63) is 48.3 Å². The van der Waals surface area contributed by atoms with Gasteiger partial charge in [-0.1, -0.05) is 30.3 Å². The topological polar surface area (TPSA) is 81.2 Å². The third kappa shape index (κ3) is 3.90. The summed E-state index contributed by atoms with van der Waals surface area (Å²) in [5, 5.41) is 3.92. The van der Waals surface area contributed by atoms with Crippen molar-refractivity contribution < 1.29 is 8.42 Å². The molecule has 0 aliphatic heterocycles. The van der Waals surface area contributed by atoms with E-state index in [0.717, 1.165) is 5.56 Å². The quantitative estimate of drug-likeness (QED) is 0.812. The molecule has 0 aliphatic rings. The number of benzene rings is 1. The zero-order valence-electron chi connectivity index (χ0n) is 12.0. The van der Waals surface area contributed by atoms with E-state index in [1.165, 1.54) is 21.4 Å². The molecule has 1 aromatic carbocycles. The number of hydrogen-bond donors (Lipinski definition) is 1. The van der Waals surface area contributed by atoms with Crippen LogP contribution in [0.1, 0.15) is 5.56 Å².